The van der Waals surface area contributed by atoms with E-state index >= 15 is 0 Å². The van der Waals surface area contributed by atoms with Crippen LogP contribution in [-0.4, -0.2) is 44.9 Å². The summed E-state index contributed by atoms with van der Waals surface area (Å²) < 4.78 is 30.7. The highest BCUT2D eigenvalue weighted by Gasteiger charge is 2.22. The molecule has 0 bridgehead atoms. The van der Waals surface area contributed by atoms with Gasteiger partial charge in [-0.15, -0.1) is 0 Å². The van der Waals surface area contributed by atoms with Crippen molar-refractivity contribution in [2.75, 3.05) is 19.8 Å². The van der Waals surface area contributed by atoms with Crippen LogP contribution in [0.2, 0.25) is 0 Å². The number of guanidine groups is 1. The number of nitrogens with one attached hydrogen (secondary N) is 3. The summed E-state index contributed by atoms with van der Waals surface area (Å²) in [5.41, 5.74) is 1.36. The van der Waals surface area contributed by atoms with E-state index in [0.717, 1.165) is 36.1 Å². The first-order valence-corrected chi connectivity index (χ1v) is 9.90. The Labute approximate surface area is 144 Å². The molecule has 1 heterocycles. The van der Waals surface area contributed by atoms with Crippen LogP contribution in [0.25, 0.3) is 0 Å². The standard InChI is InChI=1S/C15H29N5O3S/c1-7-12-11(13(8-2)23-19-12)9-17-14(16-5)18-10-15(3,4)20-24(6,21)22/h20H,7-10H2,1-6H3,(H2,16,17,18). The maximum Gasteiger partial charge on any atom is 0.209 e. The van der Waals surface area contributed by atoms with Gasteiger partial charge < -0.3 is 15.2 Å². The first kappa shape index (κ1) is 20.4. The average molecular weight is 359 g/mol. The first-order chi connectivity index (χ1) is 11.1. The van der Waals surface area contributed by atoms with Crippen LogP contribution in [0.4, 0.5) is 0 Å². The second-order valence-corrected chi connectivity index (χ2v) is 8.02. The number of aromatic nitrogens is 1. The van der Waals surface area contributed by atoms with Gasteiger partial charge in [0.05, 0.1) is 11.9 Å². The maximum atomic E-state index is 11.4. The van der Waals surface area contributed by atoms with Crippen LogP contribution in [0, 0.1) is 0 Å². The zero-order chi connectivity index (χ0) is 18.4. The summed E-state index contributed by atoms with van der Waals surface area (Å²) in [6.07, 6.45) is 2.73. The molecule has 0 saturated carbocycles. The van der Waals surface area contributed by atoms with E-state index in [0.29, 0.717) is 19.0 Å². The summed E-state index contributed by atoms with van der Waals surface area (Å²) in [6.45, 7) is 8.61. The lowest BCUT2D eigenvalue weighted by Gasteiger charge is -2.26. The minimum absolute atomic E-state index is 0.394. The number of nitrogens with zero attached hydrogens (tertiary/aromatic N) is 2. The largest absolute Gasteiger partial charge is 0.361 e. The van der Waals surface area contributed by atoms with Gasteiger partial charge in [0, 0.05) is 37.7 Å². The fraction of sp³-hybridized carbons (Fsp3) is 0.733. The lowest BCUT2D eigenvalue weighted by molar-refractivity contribution is 0.380. The third kappa shape index (κ3) is 6.48. The molecule has 0 aliphatic heterocycles. The summed E-state index contributed by atoms with van der Waals surface area (Å²) in [5.74, 6) is 1.46. The number of rotatable bonds is 8. The Bertz CT molecular complexity index is 643. The van der Waals surface area contributed by atoms with Crippen molar-refractivity contribution in [3.8, 4) is 0 Å². The molecule has 0 aromatic carbocycles. The zero-order valence-electron chi connectivity index (χ0n) is 15.4. The highest BCUT2D eigenvalue weighted by Crippen LogP contribution is 2.15. The first-order valence-electron chi connectivity index (χ1n) is 8.01. The van der Waals surface area contributed by atoms with Crippen molar-refractivity contribution in [2.45, 2.75) is 52.6 Å². The molecule has 0 aliphatic carbocycles. The molecule has 1 aromatic heterocycles. The van der Waals surface area contributed by atoms with Gasteiger partial charge in [-0.1, -0.05) is 19.0 Å². The fourth-order valence-electron chi connectivity index (χ4n) is 2.37. The Morgan fingerprint density at radius 2 is 1.92 bits per heavy atom. The van der Waals surface area contributed by atoms with Crippen molar-refractivity contribution in [1.29, 1.82) is 0 Å². The van der Waals surface area contributed by atoms with Gasteiger partial charge in [-0.25, -0.2) is 13.1 Å². The molecule has 8 nitrogen and oxygen atoms in total. The van der Waals surface area contributed by atoms with E-state index in [1.165, 1.54) is 0 Å². The second-order valence-electron chi connectivity index (χ2n) is 6.28. The lowest BCUT2D eigenvalue weighted by atomic mass is 10.1. The molecule has 9 heteroatoms. The summed E-state index contributed by atoms with van der Waals surface area (Å²) in [4.78, 5) is 4.16. The predicted molar refractivity (Wildman–Crippen MR) is 95.5 cm³/mol. The van der Waals surface area contributed by atoms with Gasteiger partial charge in [0.15, 0.2) is 5.96 Å². The van der Waals surface area contributed by atoms with Crippen molar-refractivity contribution >= 4 is 16.0 Å². The van der Waals surface area contributed by atoms with Crippen molar-refractivity contribution in [1.82, 2.24) is 20.5 Å². The smallest absolute Gasteiger partial charge is 0.209 e. The van der Waals surface area contributed by atoms with E-state index in [1.807, 2.05) is 13.8 Å². The maximum absolute atomic E-state index is 11.4. The number of sulfonamides is 1. The van der Waals surface area contributed by atoms with Crippen LogP contribution in [0.15, 0.2) is 9.52 Å². The van der Waals surface area contributed by atoms with Crippen molar-refractivity contribution in [2.24, 2.45) is 4.99 Å². The molecule has 3 N–H and O–H groups in total. The van der Waals surface area contributed by atoms with Gasteiger partial charge in [0.25, 0.3) is 0 Å². The normalized spacial score (nSPS) is 13.2. The fourth-order valence-corrected chi connectivity index (χ4v) is 3.45. The minimum Gasteiger partial charge on any atom is -0.361 e. The molecule has 0 amide bonds. The van der Waals surface area contributed by atoms with Gasteiger partial charge in [0.1, 0.15) is 5.76 Å². The molecule has 1 aromatic rings. The van der Waals surface area contributed by atoms with Crippen LogP contribution in [0.5, 0.6) is 0 Å². The van der Waals surface area contributed by atoms with E-state index in [-0.39, 0.29) is 0 Å². The van der Waals surface area contributed by atoms with Crippen LogP contribution < -0.4 is 15.4 Å². The predicted octanol–water partition coefficient (Wildman–Crippen LogP) is 0.792. The second kappa shape index (κ2) is 8.48. The monoisotopic (exact) mass is 359 g/mol. The van der Waals surface area contributed by atoms with Crippen molar-refractivity contribution < 1.29 is 12.9 Å². The van der Waals surface area contributed by atoms with E-state index < -0.39 is 15.6 Å². The Morgan fingerprint density at radius 1 is 1.25 bits per heavy atom. The molecular weight excluding hydrogens is 330 g/mol. The summed E-state index contributed by atoms with van der Waals surface area (Å²) in [6, 6.07) is 0. The van der Waals surface area contributed by atoms with Crippen molar-refractivity contribution in [3.63, 3.8) is 0 Å². The topological polar surface area (TPSA) is 109 Å². The number of aryl methyl sites for hydroxylation is 2. The molecule has 0 fully saturated rings. The third-order valence-corrected chi connectivity index (χ3v) is 4.35. The minimum atomic E-state index is -3.27. The van der Waals surface area contributed by atoms with Gasteiger partial charge in [-0.3, -0.25) is 4.99 Å². The Morgan fingerprint density at radius 3 is 2.42 bits per heavy atom. The van der Waals surface area contributed by atoms with E-state index in [9.17, 15) is 8.42 Å². The Kier molecular flexibility index (Phi) is 7.22. The molecule has 24 heavy (non-hydrogen) atoms. The molecule has 0 spiro atoms. The van der Waals surface area contributed by atoms with Crippen LogP contribution in [0.1, 0.15) is 44.7 Å². The van der Waals surface area contributed by atoms with Gasteiger partial charge >= 0.3 is 0 Å². The van der Waals surface area contributed by atoms with Crippen LogP contribution >= 0.6 is 0 Å². The van der Waals surface area contributed by atoms with Gasteiger partial charge in [-0.05, 0) is 20.3 Å². The molecule has 0 saturated heterocycles. The van der Waals surface area contributed by atoms with Crippen LogP contribution in [0.3, 0.4) is 0 Å². The lowest BCUT2D eigenvalue weighted by Crippen LogP contribution is -2.52. The van der Waals surface area contributed by atoms with Gasteiger partial charge in [0.2, 0.25) is 10.0 Å². The molecular formula is C15H29N5O3S. The Hall–Kier alpha value is -1.61. The quantitative estimate of drug-likeness (QED) is 0.468. The van der Waals surface area contributed by atoms with E-state index in [4.69, 9.17) is 4.52 Å². The summed E-state index contributed by atoms with van der Waals surface area (Å²) in [7, 11) is -1.61. The van der Waals surface area contributed by atoms with Crippen LogP contribution in [-0.2, 0) is 29.4 Å². The molecule has 0 atom stereocenters. The van der Waals surface area contributed by atoms with Crippen molar-refractivity contribution in [3.05, 3.63) is 17.0 Å². The highest BCUT2D eigenvalue weighted by molar-refractivity contribution is 7.88. The highest BCUT2D eigenvalue weighted by atomic mass is 32.2. The molecule has 0 radical (unpaired) electrons. The number of hydrogen-bond donors (Lipinski definition) is 3. The molecule has 1 rings (SSSR count). The van der Waals surface area contributed by atoms with Gasteiger partial charge in [-0.2, -0.15) is 0 Å². The van der Waals surface area contributed by atoms with E-state index in [2.05, 4.69) is 25.5 Å². The SMILES string of the molecule is CCc1noc(CC)c1CNC(=NC)NCC(C)(C)NS(C)(=O)=O. The zero-order valence-corrected chi connectivity index (χ0v) is 16.2. The molecule has 0 unspecified atom stereocenters. The Balaban J connectivity index is 2.65. The third-order valence-electron chi connectivity index (χ3n) is 3.42. The number of aliphatic imine (C=N–C) groups is 1. The van der Waals surface area contributed by atoms with E-state index in [1.54, 1.807) is 20.9 Å². The number of hydrogen-bond acceptors (Lipinski definition) is 5. The average Bonchev–Trinajstić information content (AvgIpc) is 2.87. The molecule has 0 aliphatic rings. The molecule has 138 valence electrons. The summed E-state index contributed by atoms with van der Waals surface area (Å²) in [5, 5.41) is 10.4. The summed E-state index contributed by atoms with van der Waals surface area (Å²) >= 11 is 0.